The Labute approximate surface area is 178 Å². The van der Waals surface area contributed by atoms with E-state index in [4.69, 9.17) is 11.6 Å². The first-order valence-corrected chi connectivity index (χ1v) is 9.71. The summed E-state index contributed by atoms with van der Waals surface area (Å²) in [6.07, 6.45) is 0. The van der Waals surface area contributed by atoms with Crippen molar-refractivity contribution in [2.45, 2.75) is 18.8 Å². The molecule has 1 aromatic carbocycles. The Morgan fingerprint density at radius 1 is 1.38 bits per heavy atom. The fourth-order valence-electron chi connectivity index (χ4n) is 3.46. The minimum Gasteiger partial charge on any atom is -0.344 e. The number of rotatable bonds is 4. The molecule has 1 saturated heterocycles. The lowest BCUT2D eigenvalue weighted by atomic mass is 9.91. The van der Waals surface area contributed by atoms with E-state index in [1.54, 1.807) is 7.05 Å². The zero-order valence-electron chi connectivity index (χ0n) is 15.6. The highest BCUT2D eigenvalue weighted by atomic mass is 79.9. The van der Waals surface area contributed by atoms with Gasteiger partial charge in [-0.15, -0.1) is 0 Å². The van der Waals surface area contributed by atoms with Crippen LogP contribution < -0.4 is 5.32 Å². The van der Waals surface area contributed by atoms with E-state index in [1.807, 2.05) is 0 Å². The molecule has 1 aliphatic rings. The average molecular weight is 494 g/mol. The summed E-state index contributed by atoms with van der Waals surface area (Å²) in [6.45, 7) is 0.716. The molecule has 0 saturated carbocycles. The largest absolute Gasteiger partial charge is 0.344 e. The molecule has 0 bridgehead atoms. The van der Waals surface area contributed by atoms with Crippen molar-refractivity contribution < 1.29 is 22.8 Å². The van der Waals surface area contributed by atoms with Gasteiger partial charge in [0.05, 0.1) is 21.4 Å². The molecule has 2 amide bonds. The Bertz CT molecular complexity index is 992. The van der Waals surface area contributed by atoms with Crippen molar-refractivity contribution in [3.05, 3.63) is 44.9 Å². The van der Waals surface area contributed by atoms with Crippen LogP contribution in [0.25, 0.3) is 0 Å². The van der Waals surface area contributed by atoms with Crippen molar-refractivity contribution in [2.75, 3.05) is 18.9 Å². The van der Waals surface area contributed by atoms with Crippen LogP contribution in [0.4, 0.5) is 18.9 Å². The Hall–Kier alpha value is -2.07. The fraction of sp³-hybridized carbons (Fsp3) is 0.389. The molecule has 1 N–H and O–H groups in total. The molecule has 0 spiro atoms. The third-order valence-corrected chi connectivity index (χ3v) is 6.25. The molecule has 156 valence electrons. The number of nitrogens with one attached hydrogen (secondary N) is 1. The number of alkyl halides is 2. The van der Waals surface area contributed by atoms with E-state index in [0.717, 1.165) is 6.07 Å². The van der Waals surface area contributed by atoms with Gasteiger partial charge in [0.25, 0.3) is 5.92 Å². The Kier molecular flexibility index (Phi) is 5.70. The van der Waals surface area contributed by atoms with Crippen molar-refractivity contribution in [1.82, 2.24) is 14.7 Å². The first-order chi connectivity index (χ1) is 13.4. The second kappa shape index (κ2) is 7.64. The van der Waals surface area contributed by atoms with Crippen molar-refractivity contribution >= 4 is 45.0 Å². The van der Waals surface area contributed by atoms with Gasteiger partial charge in [-0.1, -0.05) is 17.7 Å². The number of anilines is 1. The smallest absolute Gasteiger partial charge is 0.275 e. The topological polar surface area (TPSA) is 67.2 Å². The predicted molar refractivity (Wildman–Crippen MR) is 104 cm³/mol. The first-order valence-electron chi connectivity index (χ1n) is 8.54. The third-order valence-electron chi connectivity index (χ3n) is 4.81. The first kappa shape index (κ1) is 21.6. The number of aromatic nitrogens is 2. The maximum Gasteiger partial charge on any atom is 0.275 e. The molecule has 6 nitrogen and oxygen atoms in total. The zero-order valence-corrected chi connectivity index (χ0v) is 18.0. The summed E-state index contributed by atoms with van der Waals surface area (Å²) >= 11 is 9.44. The maximum absolute atomic E-state index is 14.0. The Balaban J connectivity index is 1.98. The fourth-order valence-corrected chi connectivity index (χ4v) is 4.22. The molecule has 29 heavy (non-hydrogen) atoms. The highest BCUT2D eigenvalue weighted by molar-refractivity contribution is 9.10. The number of nitrogens with zero attached hydrogens (tertiary/aromatic N) is 3. The van der Waals surface area contributed by atoms with E-state index < -0.39 is 41.0 Å². The van der Waals surface area contributed by atoms with Gasteiger partial charge >= 0.3 is 0 Å². The Morgan fingerprint density at radius 3 is 2.59 bits per heavy atom. The van der Waals surface area contributed by atoms with Crippen LogP contribution in [0.3, 0.4) is 0 Å². The number of likely N-dealkylation sites (tertiary alicyclic amines) is 1. The lowest BCUT2D eigenvalue weighted by Crippen LogP contribution is -2.33. The Morgan fingerprint density at radius 2 is 2.03 bits per heavy atom. The van der Waals surface area contributed by atoms with E-state index >= 15 is 0 Å². The number of hydrogen-bond donors (Lipinski definition) is 1. The van der Waals surface area contributed by atoms with Crippen molar-refractivity contribution in [2.24, 2.45) is 13.0 Å². The summed E-state index contributed by atoms with van der Waals surface area (Å²) in [5, 5.41) is 6.86. The summed E-state index contributed by atoms with van der Waals surface area (Å²) in [5.74, 6) is -7.90. The second-order valence-corrected chi connectivity index (χ2v) is 8.11. The molecule has 0 unspecified atom stereocenters. The second-order valence-electron chi connectivity index (χ2n) is 6.96. The average Bonchev–Trinajstić information content (AvgIpc) is 3.04. The third kappa shape index (κ3) is 3.87. The van der Waals surface area contributed by atoms with Gasteiger partial charge in [-0.25, -0.2) is 13.2 Å². The summed E-state index contributed by atoms with van der Waals surface area (Å²) in [4.78, 5) is 26.9. The van der Waals surface area contributed by atoms with Crippen LogP contribution in [0.1, 0.15) is 24.1 Å². The van der Waals surface area contributed by atoms with Crippen molar-refractivity contribution in [3.63, 3.8) is 0 Å². The summed E-state index contributed by atoms with van der Waals surface area (Å²) < 4.78 is 43.6. The van der Waals surface area contributed by atoms with E-state index in [-0.39, 0.29) is 12.2 Å². The number of carbonyl (C=O) groups is 2. The lowest BCUT2D eigenvalue weighted by Gasteiger charge is -2.20. The van der Waals surface area contributed by atoms with Crippen LogP contribution in [-0.4, -0.2) is 40.1 Å². The zero-order chi connectivity index (χ0) is 21.7. The number of likely N-dealkylation sites (N-methyl/N-ethyl adjacent to an activating group) is 1. The molecule has 2 heterocycles. The maximum atomic E-state index is 14.0. The monoisotopic (exact) mass is 492 g/mol. The normalized spacial score (nSPS) is 19.7. The molecular weight excluding hydrogens is 477 g/mol. The molecule has 1 aromatic heterocycles. The molecule has 0 radical (unpaired) electrons. The lowest BCUT2D eigenvalue weighted by molar-refractivity contribution is -0.135. The number of amides is 2. The SMILES string of the molecule is CN1C[C@H](c2nn(C)c(Cl)c2Br)[C@@H](C(=O)Nc2cccc(F)c2C(C)(F)F)C1=O. The molecule has 1 aliphatic heterocycles. The number of aryl methyl sites for hydroxylation is 1. The van der Waals surface area contributed by atoms with Gasteiger partial charge in [-0.2, -0.15) is 5.10 Å². The summed E-state index contributed by atoms with van der Waals surface area (Å²) in [7, 11) is 3.13. The van der Waals surface area contributed by atoms with Crippen LogP contribution >= 0.6 is 27.5 Å². The van der Waals surface area contributed by atoms with Gasteiger partial charge in [0.2, 0.25) is 11.8 Å². The molecule has 1 fully saturated rings. The van der Waals surface area contributed by atoms with E-state index in [2.05, 4.69) is 26.3 Å². The molecule has 3 rings (SSSR count). The standard InChI is InChI=1S/C18H17BrClF3N4O2/c1-18(22,23)12-9(21)5-4-6-10(12)24-16(28)11-8(7-26(2)17(11)29)14-13(19)15(20)27(3)25-14/h4-6,8,11H,7H2,1-3H3,(H,24,28)/t8-,11-/m0/s1. The summed E-state index contributed by atoms with van der Waals surface area (Å²) in [5.41, 5.74) is -0.928. The van der Waals surface area contributed by atoms with E-state index in [0.29, 0.717) is 22.2 Å². The van der Waals surface area contributed by atoms with Crippen LogP contribution in [-0.2, 0) is 22.6 Å². The van der Waals surface area contributed by atoms with Crippen molar-refractivity contribution in [3.8, 4) is 0 Å². The highest BCUT2D eigenvalue weighted by Gasteiger charge is 2.47. The predicted octanol–water partition coefficient (Wildman–Crippen LogP) is 3.90. The molecule has 0 aliphatic carbocycles. The van der Waals surface area contributed by atoms with E-state index in [1.165, 1.54) is 28.8 Å². The molecule has 11 heteroatoms. The molecule has 2 atom stereocenters. The van der Waals surface area contributed by atoms with Gasteiger partial charge in [0, 0.05) is 33.5 Å². The quantitative estimate of drug-likeness (QED) is 0.657. The van der Waals surface area contributed by atoms with Gasteiger partial charge in [-0.3, -0.25) is 14.3 Å². The number of hydrogen-bond acceptors (Lipinski definition) is 3. The van der Waals surface area contributed by atoms with Crippen LogP contribution in [0.5, 0.6) is 0 Å². The van der Waals surface area contributed by atoms with Crippen LogP contribution in [0.2, 0.25) is 5.15 Å². The van der Waals surface area contributed by atoms with E-state index in [9.17, 15) is 22.8 Å². The molecule has 2 aromatic rings. The number of halogens is 5. The number of carbonyl (C=O) groups excluding carboxylic acids is 2. The minimum atomic E-state index is -3.53. The highest BCUT2D eigenvalue weighted by Crippen LogP contribution is 2.40. The van der Waals surface area contributed by atoms with Crippen molar-refractivity contribution in [1.29, 1.82) is 0 Å². The molecular formula is C18H17BrClF3N4O2. The van der Waals surface area contributed by atoms with Gasteiger partial charge in [0.1, 0.15) is 16.9 Å². The van der Waals surface area contributed by atoms with Gasteiger partial charge in [0.15, 0.2) is 0 Å². The number of benzene rings is 1. The minimum absolute atomic E-state index is 0.183. The van der Waals surface area contributed by atoms with Gasteiger partial charge in [-0.05, 0) is 28.1 Å². The van der Waals surface area contributed by atoms with Gasteiger partial charge < -0.3 is 10.2 Å². The summed E-state index contributed by atoms with van der Waals surface area (Å²) in [6, 6.07) is 3.25. The van der Waals surface area contributed by atoms with Crippen LogP contribution in [0, 0.1) is 11.7 Å². The van der Waals surface area contributed by atoms with Crippen LogP contribution in [0.15, 0.2) is 22.7 Å².